The van der Waals surface area contributed by atoms with Crippen LogP contribution in [-0.2, 0) is 4.79 Å². The Morgan fingerprint density at radius 3 is 2.81 bits per heavy atom. The minimum absolute atomic E-state index is 0.184. The van der Waals surface area contributed by atoms with Gasteiger partial charge in [0.2, 0.25) is 12.6 Å². The number of hydrogen-bond donors (Lipinski definition) is 1. The lowest BCUT2D eigenvalue weighted by Gasteiger charge is -2.07. The number of fused-ring (bicyclic) bond motifs is 2. The number of Topliss-reactive ketones (excluding diaryl/α,β-unsaturated/α-hetero) is 1. The fourth-order valence-electron chi connectivity index (χ4n) is 2.87. The molecule has 0 bridgehead atoms. The van der Waals surface area contributed by atoms with Crippen LogP contribution in [0, 0.1) is 6.92 Å². The van der Waals surface area contributed by atoms with Crippen LogP contribution < -0.4 is 24.7 Å². The van der Waals surface area contributed by atoms with Crippen LogP contribution in [-0.4, -0.2) is 25.1 Å². The van der Waals surface area contributed by atoms with Gasteiger partial charge in [0.25, 0.3) is 5.91 Å². The number of allylic oxidation sites excluding steroid dienone is 1. The number of carbonyl (C=O) groups excluding carboxylic acids is 2. The first kappa shape index (κ1) is 16.0. The van der Waals surface area contributed by atoms with Crippen molar-refractivity contribution in [3.63, 3.8) is 0 Å². The van der Waals surface area contributed by atoms with E-state index in [4.69, 9.17) is 24.7 Å². The summed E-state index contributed by atoms with van der Waals surface area (Å²) in [5.74, 6) is 1.51. The Bertz CT molecular complexity index is 963. The lowest BCUT2D eigenvalue weighted by molar-refractivity contribution is -0.119. The highest BCUT2D eigenvalue weighted by Gasteiger charge is 2.30. The van der Waals surface area contributed by atoms with Crippen LogP contribution in [0.1, 0.15) is 21.5 Å². The van der Waals surface area contributed by atoms with Crippen LogP contribution in [0.3, 0.4) is 0 Å². The zero-order valence-electron chi connectivity index (χ0n) is 13.9. The van der Waals surface area contributed by atoms with E-state index in [1.807, 2.05) is 6.07 Å². The second-order valence-electron chi connectivity index (χ2n) is 5.92. The number of amides is 1. The predicted molar refractivity (Wildman–Crippen MR) is 91.4 cm³/mol. The fourth-order valence-corrected chi connectivity index (χ4v) is 2.87. The van der Waals surface area contributed by atoms with Gasteiger partial charge in [-0.2, -0.15) is 0 Å². The maximum Gasteiger partial charge on any atom is 0.255 e. The molecule has 0 saturated carbocycles. The first-order valence-electron chi connectivity index (χ1n) is 7.91. The average Bonchev–Trinajstić information content (AvgIpc) is 3.18. The third-order valence-electron chi connectivity index (χ3n) is 4.02. The molecular formula is C19H15NO6. The molecule has 0 spiro atoms. The molecule has 26 heavy (non-hydrogen) atoms. The van der Waals surface area contributed by atoms with Crippen LogP contribution in [0.25, 0.3) is 6.08 Å². The molecule has 132 valence electrons. The molecular weight excluding hydrogens is 338 g/mol. The van der Waals surface area contributed by atoms with Gasteiger partial charge in [-0.25, -0.2) is 0 Å². The lowest BCUT2D eigenvalue weighted by Crippen LogP contribution is -2.20. The molecule has 2 aliphatic rings. The van der Waals surface area contributed by atoms with Crippen molar-refractivity contribution in [2.24, 2.45) is 5.73 Å². The van der Waals surface area contributed by atoms with E-state index < -0.39 is 5.91 Å². The number of primary amides is 1. The Labute approximate surface area is 148 Å². The topological polar surface area (TPSA) is 97.1 Å². The third kappa shape index (κ3) is 2.83. The average molecular weight is 353 g/mol. The first-order valence-corrected chi connectivity index (χ1v) is 7.91. The van der Waals surface area contributed by atoms with Crippen molar-refractivity contribution in [3.05, 3.63) is 52.8 Å². The van der Waals surface area contributed by atoms with Crippen molar-refractivity contribution in [2.75, 3.05) is 13.4 Å². The van der Waals surface area contributed by atoms with Crippen molar-refractivity contribution in [1.29, 1.82) is 0 Å². The van der Waals surface area contributed by atoms with E-state index in [1.165, 1.54) is 0 Å². The van der Waals surface area contributed by atoms with E-state index in [2.05, 4.69) is 0 Å². The summed E-state index contributed by atoms with van der Waals surface area (Å²) in [6.07, 6.45) is 1.65. The van der Waals surface area contributed by atoms with E-state index >= 15 is 0 Å². The van der Waals surface area contributed by atoms with Gasteiger partial charge in [0.15, 0.2) is 23.9 Å². The minimum Gasteiger partial charge on any atom is -0.484 e. The Morgan fingerprint density at radius 1 is 1.19 bits per heavy atom. The van der Waals surface area contributed by atoms with Gasteiger partial charge in [0.05, 0.1) is 5.56 Å². The smallest absolute Gasteiger partial charge is 0.255 e. The Balaban J connectivity index is 1.63. The Kier molecular flexibility index (Phi) is 3.76. The standard InChI is InChI=1S/C19H15NO6/c1-10-4-12(23-8-17(20)21)7-15-18(10)19(22)16(26-15)6-11-2-3-13-14(5-11)25-9-24-13/h2-7H,8-9H2,1H3,(H2,20,21)/b16-6-. The van der Waals surface area contributed by atoms with E-state index in [-0.39, 0.29) is 24.9 Å². The maximum absolute atomic E-state index is 12.7. The van der Waals surface area contributed by atoms with Crippen molar-refractivity contribution in [2.45, 2.75) is 6.92 Å². The molecule has 7 heteroatoms. The number of carbonyl (C=O) groups is 2. The molecule has 0 aliphatic carbocycles. The number of aryl methyl sites for hydroxylation is 1. The summed E-state index contributed by atoms with van der Waals surface area (Å²) < 4.78 is 21.6. The molecule has 2 N–H and O–H groups in total. The highest BCUT2D eigenvalue weighted by Crippen LogP contribution is 2.38. The molecule has 0 radical (unpaired) electrons. The van der Waals surface area contributed by atoms with Gasteiger partial charge in [0.1, 0.15) is 11.5 Å². The maximum atomic E-state index is 12.7. The molecule has 2 heterocycles. The number of hydrogen-bond acceptors (Lipinski definition) is 6. The van der Waals surface area contributed by atoms with Crippen LogP contribution >= 0.6 is 0 Å². The molecule has 7 nitrogen and oxygen atoms in total. The lowest BCUT2D eigenvalue weighted by atomic mass is 10.0. The van der Waals surface area contributed by atoms with Crippen molar-refractivity contribution in [3.8, 4) is 23.0 Å². The van der Waals surface area contributed by atoms with E-state index in [0.29, 0.717) is 34.1 Å². The second kappa shape index (κ2) is 6.11. The number of ketones is 1. The first-order chi connectivity index (χ1) is 12.5. The third-order valence-corrected chi connectivity index (χ3v) is 4.02. The van der Waals surface area contributed by atoms with E-state index in [0.717, 1.165) is 5.56 Å². The van der Waals surface area contributed by atoms with Gasteiger partial charge in [-0.3, -0.25) is 9.59 Å². The van der Waals surface area contributed by atoms with Gasteiger partial charge in [0, 0.05) is 6.07 Å². The fraction of sp³-hybridized carbons (Fsp3) is 0.158. The Hall–Kier alpha value is -3.48. The van der Waals surface area contributed by atoms with Gasteiger partial charge < -0.3 is 24.7 Å². The van der Waals surface area contributed by atoms with Crippen molar-refractivity contribution < 1.29 is 28.5 Å². The summed E-state index contributed by atoms with van der Waals surface area (Å²) in [6.45, 7) is 1.72. The van der Waals surface area contributed by atoms with Gasteiger partial charge in [-0.15, -0.1) is 0 Å². The molecule has 0 unspecified atom stereocenters. The summed E-state index contributed by atoms with van der Waals surface area (Å²) in [4.78, 5) is 23.5. The van der Waals surface area contributed by atoms with Gasteiger partial charge >= 0.3 is 0 Å². The van der Waals surface area contributed by atoms with Crippen LogP contribution in [0.2, 0.25) is 0 Å². The number of rotatable bonds is 4. The monoisotopic (exact) mass is 353 g/mol. The van der Waals surface area contributed by atoms with Crippen LogP contribution in [0.15, 0.2) is 36.1 Å². The molecule has 2 aromatic rings. The number of benzene rings is 2. The number of nitrogens with two attached hydrogens (primary N) is 1. The largest absolute Gasteiger partial charge is 0.484 e. The quantitative estimate of drug-likeness (QED) is 0.847. The molecule has 0 fully saturated rings. The second-order valence-corrected chi connectivity index (χ2v) is 5.92. The highest BCUT2D eigenvalue weighted by molar-refractivity contribution is 6.15. The Morgan fingerprint density at radius 2 is 2.00 bits per heavy atom. The molecule has 4 rings (SSSR count). The van der Waals surface area contributed by atoms with E-state index in [1.54, 1.807) is 37.3 Å². The van der Waals surface area contributed by atoms with E-state index in [9.17, 15) is 9.59 Å². The highest BCUT2D eigenvalue weighted by atomic mass is 16.7. The molecule has 1 amide bonds. The molecule has 2 aromatic carbocycles. The number of ether oxygens (including phenoxy) is 4. The zero-order valence-corrected chi connectivity index (χ0v) is 13.9. The predicted octanol–water partition coefficient (Wildman–Crippen LogP) is 2.20. The van der Waals surface area contributed by atoms with Crippen molar-refractivity contribution >= 4 is 17.8 Å². The van der Waals surface area contributed by atoms with Gasteiger partial charge in [-0.05, 0) is 42.3 Å². The molecule has 0 aromatic heterocycles. The van der Waals surface area contributed by atoms with Gasteiger partial charge in [-0.1, -0.05) is 6.07 Å². The normalized spacial score (nSPS) is 15.7. The molecule has 0 atom stereocenters. The van der Waals surface area contributed by atoms with Crippen molar-refractivity contribution in [1.82, 2.24) is 0 Å². The summed E-state index contributed by atoms with van der Waals surface area (Å²) in [5, 5.41) is 0. The minimum atomic E-state index is -0.580. The molecule has 2 aliphatic heterocycles. The SMILES string of the molecule is Cc1cc(OCC(N)=O)cc2c1C(=O)/C(=C/c1ccc3c(c1)OCO3)O2. The summed E-state index contributed by atoms with van der Waals surface area (Å²) in [6, 6.07) is 8.62. The summed E-state index contributed by atoms with van der Waals surface area (Å²) >= 11 is 0. The summed E-state index contributed by atoms with van der Waals surface area (Å²) in [7, 11) is 0. The summed E-state index contributed by atoms with van der Waals surface area (Å²) in [5.41, 5.74) is 7.01. The van der Waals surface area contributed by atoms with Crippen LogP contribution in [0.5, 0.6) is 23.0 Å². The zero-order chi connectivity index (χ0) is 18.3. The van der Waals surface area contributed by atoms with Crippen LogP contribution in [0.4, 0.5) is 0 Å². The molecule has 0 saturated heterocycles.